The molecule has 0 aliphatic carbocycles. The molecule has 18 heavy (non-hydrogen) atoms. The number of nitrogens with zero attached hydrogens (tertiary/aromatic N) is 3. The molecular weight excluding hydrogens is 246 g/mol. The lowest BCUT2D eigenvalue weighted by atomic mass is 10.2. The largest absolute Gasteiger partial charge is 0.366 e. The van der Waals surface area contributed by atoms with Crippen LogP contribution in [0.3, 0.4) is 0 Å². The molecule has 0 radical (unpaired) electrons. The minimum atomic E-state index is 0.505. The van der Waals surface area contributed by atoms with Gasteiger partial charge in [-0.05, 0) is 36.2 Å². The second-order valence-corrected chi connectivity index (χ2v) is 4.27. The number of hydrogen-bond acceptors (Lipinski definition) is 3. The molecule has 0 aliphatic rings. The van der Waals surface area contributed by atoms with Crippen LogP contribution in [0, 0.1) is 0 Å². The maximum absolute atomic E-state index is 5.97. The molecule has 0 saturated heterocycles. The third-order valence-electron chi connectivity index (χ3n) is 2.88. The highest BCUT2D eigenvalue weighted by Gasteiger charge is 2.09. The van der Waals surface area contributed by atoms with Gasteiger partial charge in [-0.3, -0.25) is 9.97 Å². The molecule has 0 atom stereocenters. The molecular formula is C14H16ClN3. The molecule has 0 aromatic carbocycles. The average Bonchev–Trinajstić information content (AvgIpc) is 2.46. The van der Waals surface area contributed by atoms with E-state index in [9.17, 15) is 0 Å². The molecule has 0 saturated carbocycles. The first-order valence-electron chi connectivity index (χ1n) is 5.98. The summed E-state index contributed by atoms with van der Waals surface area (Å²) in [6.07, 6.45) is 7.29. The highest BCUT2D eigenvalue weighted by molar-refractivity contribution is 6.17. The summed E-state index contributed by atoms with van der Waals surface area (Å²) >= 11 is 5.97. The maximum Gasteiger partial charge on any atom is 0.0600 e. The summed E-state index contributed by atoms with van der Waals surface area (Å²) in [7, 11) is 0. The van der Waals surface area contributed by atoms with Crippen LogP contribution < -0.4 is 4.90 Å². The Morgan fingerprint density at radius 2 is 1.83 bits per heavy atom. The van der Waals surface area contributed by atoms with E-state index < -0.39 is 0 Å². The van der Waals surface area contributed by atoms with E-state index in [0.717, 1.165) is 24.3 Å². The van der Waals surface area contributed by atoms with Gasteiger partial charge in [-0.15, -0.1) is 11.6 Å². The Labute approximate surface area is 112 Å². The van der Waals surface area contributed by atoms with Crippen molar-refractivity contribution in [2.75, 3.05) is 11.4 Å². The molecule has 2 heterocycles. The van der Waals surface area contributed by atoms with Gasteiger partial charge in [-0.1, -0.05) is 0 Å². The van der Waals surface area contributed by atoms with E-state index in [-0.39, 0.29) is 0 Å². The Balaban J connectivity index is 2.23. The van der Waals surface area contributed by atoms with Crippen LogP contribution in [0.25, 0.3) is 0 Å². The number of rotatable bonds is 5. The third kappa shape index (κ3) is 2.99. The monoisotopic (exact) mass is 261 g/mol. The Kier molecular flexibility index (Phi) is 4.53. The lowest BCUT2D eigenvalue weighted by molar-refractivity contribution is 0.822. The van der Waals surface area contributed by atoms with Gasteiger partial charge in [0.2, 0.25) is 0 Å². The molecule has 0 unspecified atom stereocenters. The quantitative estimate of drug-likeness (QED) is 0.774. The molecule has 0 fully saturated rings. The zero-order chi connectivity index (χ0) is 12.8. The summed E-state index contributed by atoms with van der Waals surface area (Å²) < 4.78 is 0. The fourth-order valence-corrected chi connectivity index (χ4v) is 2.11. The van der Waals surface area contributed by atoms with Gasteiger partial charge in [0.1, 0.15) is 0 Å². The van der Waals surface area contributed by atoms with Crippen molar-refractivity contribution in [2.45, 2.75) is 19.3 Å². The first-order valence-corrected chi connectivity index (χ1v) is 6.51. The summed E-state index contributed by atoms with van der Waals surface area (Å²) in [5, 5.41) is 0. The van der Waals surface area contributed by atoms with Crippen LogP contribution in [0.2, 0.25) is 0 Å². The SMILES string of the molecule is CCN(Cc1ccncc1)c1cnccc1CCl. The smallest absolute Gasteiger partial charge is 0.0600 e. The van der Waals surface area contributed by atoms with Gasteiger partial charge in [-0.2, -0.15) is 0 Å². The minimum absolute atomic E-state index is 0.505. The fourth-order valence-electron chi connectivity index (χ4n) is 1.89. The van der Waals surface area contributed by atoms with Crippen LogP contribution in [0.15, 0.2) is 43.0 Å². The van der Waals surface area contributed by atoms with Crippen molar-refractivity contribution in [3.8, 4) is 0 Å². The molecule has 0 bridgehead atoms. The zero-order valence-corrected chi connectivity index (χ0v) is 11.1. The Morgan fingerprint density at radius 3 is 2.50 bits per heavy atom. The Morgan fingerprint density at radius 1 is 1.11 bits per heavy atom. The van der Waals surface area contributed by atoms with Crippen LogP contribution in [-0.4, -0.2) is 16.5 Å². The van der Waals surface area contributed by atoms with Crippen LogP contribution in [0.5, 0.6) is 0 Å². The van der Waals surface area contributed by atoms with E-state index in [4.69, 9.17) is 11.6 Å². The van der Waals surface area contributed by atoms with Gasteiger partial charge < -0.3 is 4.90 Å². The molecule has 2 rings (SSSR count). The zero-order valence-electron chi connectivity index (χ0n) is 10.4. The van der Waals surface area contributed by atoms with E-state index in [1.165, 1.54) is 5.56 Å². The van der Waals surface area contributed by atoms with Crippen LogP contribution >= 0.6 is 11.6 Å². The number of anilines is 1. The summed E-state index contributed by atoms with van der Waals surface area (Å²) in [6.45, 7) is 3.89. The molecule has 0 aliphatic heterocycles. The van der Waals surface area contributed by atoms with E-state index in [2.05, 4.69) is 21.8 Å². The third-order valence-corrected chi connectivity index (χ3v) is 3.16. The van der Waals surface area contributed by atoms with Crippen molar-refractivity contribution in [1.82, 2.24) is 9.97 Å². The second kappa shape index (κ2) is 6.36. The Hall–Kier alpha value is -1.61. The second-order valence-electron chi connectivity index (χ2n) is 4.01. The van der Waals surface area contributed by atoms with Crippen LogP contribution in [0.1, 0.15) is 18.1 Å². The van der Waals surface area contributed by atoms with E-state index in [1.54, 1.807) is 6.20 Å². The van der Waals surface area contributed by atoms with Gasteiger partial charge in [0, 0.05) is 37.6 Å². The topological polar surface area (TPSA) is 29.0 Å². The molecule has 0 amide bonds. The molecule has 4 heteroatoms. The van der Waals surface area contributed by atoms with Gasteiger partial charge in [-0.25, -0.2) is 0 Å². The molecule has 3 nitrogen and oxygen atoms in total. The lowest BCUT2D eigenvalue weighted by Crippen LogP contribution is -2.23. The summed E-state index contributed by atoms with van der Waals surface area (Å²) in [5.41, 5.74) is 3.45. The molecule has 94 valence electrons. The molecule has 0 spiro atoms. The van der Waals surface area contributed by atoms with Gasteiger partial charge in [0.25, 0.3) is 0 Å². The number of aromatic nitrogens is 2. The van der Waals surface area contributed by atoms with E-state index >= 15 is 0 Å². The average molecular weight is 262 g/mol. The van der Waals surface area contributed by atoms with E-state index in [0.29, 0.717) is 5.88 Å². The molecule has 2 aromatic heterocycles. The van der Waals surface area contributed by atoms with Crippen molar-refractivity contribution < 1.29 is 0 Å². The van der Waals surface area contributed by atoms with Crippen molar-refractivity contribution in [3.63, 3.8) is 0 Å². The normalized spacial score (nSPS) is 10.3. The number of halogens is 1. The molecule has 0 N–H and O–H groups in total. The predicted molar refractivity (Wildman–Crippen MR) is 74.8 cm³/mol. The summed E-state index contributed by atoms with van der Waals surface area (Å²) in [5.74, 6) is 0.505. The van der Waals surface area contributed by atoms with Gasteiger partial charge in [0.15, 0.2) is 0 Å². The number of hydrogen-bond donors (Lipinski definition) is 0. The fraction of sp³-hybridized carbons (Fsp3) is 0.286. The van der Waals surface area contributed by atoms with Crippen LogP contribution in [0.4, 0.5) is 5.69 Å². The Bertz CT molecular complexity index is 487. The highest BCUT2D eigenvalue weighted by atomic mass is 35.5. The van der Waals surface area contributed by atoms with Crippen molar-refractivity contribution in [2.24, 2.45) is 0 Å². The molecule has 2 aromatic rings. The highest BCUT2D eigenvalue weighted by Crippen LogP contribution is 2.22. The van der Waals surface area contributed by atoms with Crippen molar-refractivity contribution in [1.29, 1.82) is 0 Å². The maximum atomic E-state index is 5.97. The number of alkyl halides is 1. The lowest BCUT2D eigenvalue weighted by Gasteiger charge is -2.24. The first-order chi connectivity index (χ1) is 8.85. The van der Waals surface area contributed by atoms with Crippen molar-refractivity contribution in [3.05, 3.63) is 54.1 Å². The van der Waals surface area contributed by atoms with Crippen molar-refractivity contribution >= 4 is 17.3 Å². The van der Waals surface area contributed by atoms with Crippen LogP contribution in [-0.2, 0) is 12.4 Å². The summed E-state index contributed by atoms with van der Waals surface area (Å²) in [6, 6.07) is 6.02. The number of pyridine rings is 2. The van der Waals surface area contributed by atoms with Gasteiger partial charge >= 0.3 is 0 Å². The standard InChI is InChI=1S/C14H16ClN3/c1-2-18(11-12-3-6-16-7-4-12)14-10-17-8-5-13(14)9-15/h3-8,10H,2,9,11H2,1H3. The van der Waals surface area contributed by atoms with E-state index in [1.807, 2.05) is 36.8 Å². The first kappa shape index (κ1) is 12.8. The van der Waals surface area contributed by atoms with Gasteiger partial charge in [0.05, 0.1) is 11.9 Å². The summed E-state index contributed by atoms with van der Waals surface area (Å²) in [4.78, 5) is 10.5. The predicted octanol–water partition coefficient (Wildman–Crippen LogP) is 3.24. The minimum Gasteiger partial charge on any atom is -0.366 e.